The van der Waals surface area contributed by atoms with Crippen molar-refractivity contribution in [3.8, 4) is 0 Å². The molecular formula is C17H20N4O2. The quantitative estimate of drug-likeness (QED) is 0.738. The zero-order valence-corrected chi connectivity index (χ0v) is 13.4. The van der Waals surface area contributed by atoms with E-state index >= 15 is 0 Å². The van der Waals surface area contributed by atoms with Crippen molar-refractivity contribution in [1.29, 1.82) is 0 Å². The summed E-state index contributed by atoms with van der Waals surface area (Å²) >= 11 is 0. The molecule has 6 nitrogen and oxygen atoms in total. The van der Waals surface area contributed by atoms with E-state index in [1.807, 2.05) is 25.5 Å². The molecule has 0 spiro atoms. The first-order valence-corrected chi connectivity index (χ1v) is 7.88. The largest absolute Gasteiger partial charge is 0.381 e. The minimum Gasteiger partial charge on any atom is -0.381 e. The average molecular weight is 312 g/mol. The summed E-state index contributed by atoms with van der Waals surface area (Å²) in [5.74, 6) is 1.47. The maximum Gasteiger partial charge on any atom is 0.328 e. The predicted octanol–water partition coefficient (Wildman–Crippen LogP) is 1.63. The molecule has 3 heterocycles. The van der Waals surface area contributed by atoms with Gasteiger partial charge in [0.25, 0.3) is 0 Å². The van der Waals surface area contributed by atoms with Crippen LogP contribution in [-0.4, -0.2) is 31.9 Å². The molecule has 0 amide bonds. The lowest BCUT2D eigenvalue weighted by atomic mass is 10.1. The zero-order chi connectivity index (χ0) is 16.0. The van der Waals surface area contributed by atoms with E-state index in [0.29, 0.717) is 5.92 Å². The van der Waals surface area contributed by atoms with E-state index in [0.717, 1.165) is 48.6 Å². The van der Waals surface area contributed by atoms with Gasteiger partial charge in [0, 0.05) is 45.6 Å². The Bertz CT molecular complexity index is 912. The van der Waals surface area contributed by atoms with Crippen molar-refractivity contribution in [3.05, 3.63) is 52.5 Å². The monoisotopic (exact) mass is 312 g/mol. The average Bonchev–Trinajstić information content (AvgIpc) is 3.26. The number of benzene rings is 1. The second-order valence-electron chi connectivity index (χ2n) is 6.20. The van der Waals surface area contributed by atoms with Crippen molar-refractivity contribution in [1.82, 2.24) is 18.7 Å². The predicted molar refractivity (Wildman–Crippen MR) is 87.7 cm³/mol. The van der Waals surface area contributed by atoms with Crippen LogP contribution in [0.1, 0.15) is 23.7 Å². The van der Waals surface area contributed by atoms with Crippen LogP contribution in [0.15, 0.2) is 35.4 Å². The van der Waals surface area contributed by atoms with Gasteiger partial charge in [-0.1, -0.05) is 6.07 Å². The van der Waals surface area contributed by atoms with Crippen molar-refractivity contribution in [3.63, 3.8) is 0 Å². The molecular weight excluding hydrogens is 292 g/mol. The summed E-state index contributed by atoms with van der Waals surface area (Å²) in [5.41, 5.74) is 3.08. The summed E-state index contributed by atoms with van der Waals surface area (Å²) in [6.07, 6.45) is 4.90. The van der Waals surface area contributed by atoms with Crippen LogP contribution in [0.5, 0.6) is 0 Å². The Morgan fingerprint density at radius 1 is 1.26 bits per heavy atom. The molecule has 0 saturated carbocycles. The van der Waals surface area contributed by atoms with Crippen LogP contribution in [0.3, 0.4) is 0 Å². The van der Waals surface area contributed by atoms with E-state index in [9.17, 15) is 4.79 Å². The first-order chi connectivity index (χ1) is 11.1. The Labute approximate surface area is 133 Å². The van der Waals surface area contributed by atoms with E-state index in [1.165, 1.54) is 0 Å². The van der Waals surface area contributed by atoms with Crippen molar-refractivity contribution < 1.29 is 4.74 Å². The molecule has 3 aromatic rings. The molecule has 1 saturated heterocycles. The van der Waals surface area contributed by atoms with Crippen LogP contribution in [0.25, 0.3) is 11.0 Å². The molecule has 1 unspecified atom stereocenters. The fourth-order valence-corrected chi connectivity index (χ4v) is 3.40. The van der Waals surface area contributed by atoms with Gasteiger partial charge in [0.15, 0.2) is 0 Å². The third-order valence-corrected chi connectivity index (χ3v) is 4.73. The molecule has 1 atom stereocenters. The van der Waals surface area contributed by atoms with Crippen molar-refractivity contribution in [2.45, 2.75) is 18.9 Å². The van der Waals surface area contributed by atoms with Crippen LogP contribution >= 0.6 is 0 Å². The van der Waals surface area contributed by atoms with Gasteiger partial charge in [-0.2, -0.15) is 0 Å². The number of hydrogen-bond donors (Lipinski definition) is 0. The second kappa shape index (κ2) is 5.38. The molecule has 1 fully saturated rings. The molecule has 0 radical (unpaired) electrons. The lowest BCUT2D eigenvalue weighted by molar-refractivity contribution is 0.192. The molecule has 0 aliphatic carbocycles. The summed E-state index contributed by atoms with van der Waals surface area (Å²) in [7, 11) is 3.62. The van der Waals surface area contributed by atoms with Crippen molar-refractivity contribution in [2.75, 3.05) is 13.2 Å². The maximum atomic E-state index is 12.0. The lowest BCUT2D eigenvalue weighted by Gasteiger charge is -2.12. The summed E-state index contributed by atoms with van der Waals surface area (Å²) in [6.45, 7) is 2.32. The van der Waals surface area contributed by atoms with Crippen molar-refractivity contribution >= 4 is 11.0 Å². The molecule has 4 rings (SSSR count). The van der Waals surface area contributed by atoms with Gasteiger partial charge in [0.2, 0.25) is 0 Å². The lowest BCUT2D eigenvalue weighted by Crippen LogP contribution is -2.19. The minimum absolute atomic E-state index is 0.00331. The van der Waals surface area contributed by atoms with Crippen LogP contribution in [-0.2, 0) is 25.4 Å². The van der Waals surface area contributed by atoms with E-state index in [2.05, 4.69) is 21.7 Å². The summed E-state index contributed by atoms with van der Waals surface area (Å²) in [4.78, 5) is 16.6. The van der Waals surface area contributed by atoms with E-state index in [-0.39, 0.29) is 5.69 Å². The summed E-state index contributed by atoms with van der Waals surface area (Å²) < 4.78 is 11.0. The fraction of sp³-hybridized carbons (Fsp3) is 0.412. The van der Waals surface area contributed by atoms with E-state index in [4.69, 9.17) is 4.74 Å². The number of aryl methyl sites for hydroxylation is 2. The molecule has 2 aromatic heterocycles. The topological polar surface area (TPSA) is 54.0 Å². The normalized spacial score (nSPS) is 18.1. The standard InChI is InChI=1S/C17H20N4O2/c1-19-14-4-3-12(9-15(14)20(2)17(19)22)10-21-7-6-18-16(21)13-5-8-23-11-13/h3-4,6-7,9,13H,5,8,10-11H2,1-2H3. The molecule has 1 aliphatic rings. The van der Waals surface area contributed by atoms with Crippen LogP contribution < -0.4 is 5.69 Å². The number of hydrogen-bond acceptors (Lipinski definition) is 3. The van der Waals surface area contributed by atoms with Crippen molar-refractivity contribution in [2.24, 2.45) is 14.1 Å². The molecule has 23 heavy (non-hydrogen) atoms. The highest BCUT2D eigenvalue weighted by Crippen LogP contribution is 2.24. The van der Waals surface area contributed by atoms with Gasteiger partial charge in [-0.25, -0.2) is 9.78 Å². The molecule has 1 aliphatic heterocycles. The third kappa shape index (κ3) is 2.30. The highest BCUT2D eigenvalue weighted by molar-refractivity contribution is 5.76. The minimum atomic E-state index is 0.00331. The zero-order valence-electron chi connectivity index (χ0n) is 13.4. The maximum absolute atomic E-state index is 12.0. The van der Waals surface area contributed by atoms with Crippen LogP contribution in [0.2, 0.25) is 0 Å². The van der Waals surface area contributed by atoms with Crippen LogP contribution in [0, 0.1) is 0 Å². The third-order valence-electron chi connectivity index (χ3n) is 4.73. The molecule has 0 bridgehead atoms. The van der Waals surface area contributed by atoms with E-state index in [1.54, 1.807) is 16.2 Å². The smallest absolute Gasteiger partial charge is 0.328 e. The number of nitrogens with zero attached hydrogens (tertiary/aromatic N) is 4. The van der Waals surface area contributed by atoms with E-state index < -0.39 is 0 Å². The van der Waals surface area contributed by atoms with Gasteiger partial charge in [0.1, 0.15) is 5.82 Å². The summed E-state index contributed by atoms with van der Waals surface area (Å²) in [6, 6.07) is 6.18. The van der Waals surface area contributed by atoms with Gasteiger partial charge in [-0.15, -0.1) is 0 Å². The first-order valence-electron chi connectivity index (χ1n) is 7.88. The Kier molecular flexibility index (Phi) is 3.34. The van der Waals surface area contributed by atoms with Gasteiger partial charge in [-0.3, -0.25) is 9.13 Å². The number of rotatable bonds is 3. The van der Waals surface area contributed by atoms with Gasteiger partial charge in [0.05, 0.1) is 17.6 Å². The Balaban J connectivity index is 1.70. The van der Waals surface area contributed by atoms with Gasteiger partial charge < -0.3 is 9.30 Å². The van der Waals surface area contributed by atoms with Gasteiger partial charge in [-0.05, 0) is 24.1 Å². The number of imidazole rings is 2. The summed E-state index contributed by atoms with van der Waals surface area (Å²) in [5, 5.41) is 0. The fourth-order valence-electron chi connectivity index (χ4n) is 3.40. The Morgan fingerprint density at radius 2 is 2.09 bits per heavy atom. The molecule has 0 N–H and O–H groups in total. The second-order valence-corrected chi connectivity index (χ2v) is 6.20. The Morgan fingerprint density at radius 3 is 2.87 bits per heavy atom. The first kappa shape index (κ1) is 14.3. The van der Waals surface area contributed by atoms with Crippen LogP contribution in [0.4, 0.5) is 0 Å². The highest BCUT2D eigenvalue weighted by Gasteiger charge is 2.22. The number of ether oxygens (including phenoxy) is 1. The highest BCUT2D eigenvalue weighted by atomic mass is 16.5. The van der Waals surface area contributed by atoms with Gasteiger partial charge >= 0.3 is 5.69 Å². The SMILES string of the molecule is Cn1c(=O)n(C)c2cc(Cn3ccnc3C3CCOC3)ccc21. The number of fused-ring (bicyclic) bond motifs is 1. The number of aromatic nitrogens is 4. The Hall–Kier alpha value is -2.34. The molecule has 120 valence electrons. The molecule has 1 aromatic carbocycles. The molecule has 6 heteroatoms.